The van der Waals surface area contributed by atoms with Gasteiger partial charge < -0.3 is 9.13 Å². The molecule has 11 aromatic rings. The van der Waals surface area contributed by atoms with Gasteiger partial charge in [0.25, 0.3) is 0 Å². The highest BCUT2D eigenvalue weighted by molar-refractivity contribution is 7.26. The fourth-order valence-corrected chi connectivity index (χ4v) is 10.4. The molecule has 0 N–H and O–H groups in total. The van der Waals surface area contributed by atoms with Crippen LogP contribution in [0.2, 0.25) is 0 Å². The van der Waals surface area contributed by atoms with Gasteiger partial charge in [-0.2, -0.15) is 0 Å². The summed E-state index contributed by atoms with van der Waals surface area (Å²) in [5.41, 5.74) is 15.2. The van der Waals surface area contributed by atoms with E-state index in [2.05, 4.69) is 193 Å². The van der Waals surface area contributed by atoms with Gasteiger partial charge in [0.1, 0.15) is 0 Å². The molecule has 0 aliphatic carbocycles. The summed E-state index contributed by atoms with van der Waals surface area (Å²) in [6, 6.07) is 63.0. The topological polar surface area (TPSA) is 9.86 Å². The number of nitrogens with zero attached hydrogens (tertiary/aromatic N) is 2. The molecule has 0 saturated carbocycles. The lowest BCUT2D eigenvalue weighted by Crippen LogP contribution is -1.94. The van der Waals surface area contributed by atoms with Gasteiger partial charge in [0.15, 0.2) is 0 Å². The first-order valence-corrected chi connectivity index (χ1v) is 20.2. The Kier molecular flexibility index (Phi) is 7.33. The third-order valence-electron chi connectivity index (χ3n) is 11.6. The lowest BCUT2D eigenvalue weighted by Gasteiger charge is -2.14. The molecule has 0 spiro atoms. The summed E-state index contributed by atoms with van der Waals surface area (Å²) in [5, 5.41) is 7.76. The van der Waals surface area contributed by atoms with Crippen LogP contribution in [-0.4, -0.2) is 9.13 Å². The van der Waals surface area contributed by atoms with E-state index in [1.807, 2.05) is 11.3 Å². The second-order valence-electron chi connectivity index (χ2n) is 14.8. The van der Waals surface area contributed by atoms with Crippen molar-refractivity contribution in [3.63, 3.8) is 0 Å². The third-order valence-corrected chi connectivity index (χ3v) is 12.8. The van der Waals surface area contributed by atoms with Gasteiger partial charge in [0.05, 0.1) is 32.5 Å². The molecule has 0 unspecified atom stereocenters. The van der Waals surface area contributed by atoms with Crippen molar-refractivity contribution in [3.05, 3.63) is 181 Å². The number of hydrogen-bond donors (Lipinski definition) is 0. The molecule has 0 fully saturated rings. The summed E-state index contributed by atoms with van der Waals surface area (Å²) in [5.74, 6) is 0. The number of rotatable bonds is 6. The fourth-order valence-electron chi connectivity index (χ4n) is 9.14. The van der Waals surface area contributed by atoms with Gasteiger partial charge in [0.2, 0.25) is 0 Å². The van der Waals surface area contributed by atoms with Gasteiger partial charge in [-0.05, 0) is 101 Å². The van der Waals surface area contributed by atoms with Gasteiger partial charge in [-0.1, -0.05) is 129 Å². The predicted octanol–water partition coefficient (Wildman–Crippen LogP) is 14.8. The smallest absolute Gasteiger partial charge is 0.0640 e. The average Bonchev–Trinajstić information content (AvgIpc) is 3.89. The molecular weight excluding hydrogens is 685 g/mol. The maximum absolute atomic E-state index is 2.51. The van der Waals surface area contributed by atoms with Gasteiger partial charge >= 0.3 is 0 Å². The Hall–Kier alpha value is -6.42. The van der Waals surface area contributed by atoms with Crippen LogP contribution in [0.5, 0.6) is 0 Å². The average molecular weight is 723 g/mol. The molecule has 3 heterocycles. The Morgan fingerprint density at radius 1 is 0.473 bits per heavy atom. The largest absolute Gasteiger partial charge is 0.309 e. The van der Waals surface area contributed by atoms with Crippen LogP contribution in [0.4, 0.5) is 0 Å². The van der Waals surface area contributed by atoms with Crippen molar-refractivity contribution < 1.29 is 0 Å². The Labute approximate surface area is 324 Å². The summed E-state index contributed by atoms with van der Waals surface area (Å²) in [6.45, 7) is 4.49. The normalized spacial score (nSPS) is 12.0. The van der Waals surface area contributed by atoms with Crippen molar-refractivity contribution in [1.29, 1.82) is 0 Å². The molecular formula is C52H38N2S. The first-order chi connectivity index (χ1) is 27.2. The second kappa shape index (κ2) is 12.6. The Morgan fingerprint density at radius 3 is 1.87 bits per heavy atom. The summed E-state index contributed by atoms with van der Waals surface area (Å²) in [4.78, 5) is 0. The molecule has 0 saturated heterocycles. The molecule has 3 heteroatoms. The van der Waals surface area contributed by atoms with E-state index in [0.29, 0.717) is 0 Å². The second-order valence-corrected chi connectivity index (χ2v) is 15.9. The predicted molar refractivity (Wildman–Crippen MR) is 238 cm³/mol. The minimum Gasteiger partial charge on any atom is -0.309 e. The molecule has 0 aliphatic heterocycles. The minimum absolute atomic E-state index is 1.07. The van der Waals surface area contributed by atoms with Gasteiger partial charge in [0, 0.05) is 42.7 Å². The highest BCUT2D eigenvalue weighted by atomic mass is 32.1. The fraction of sp³-hybridized carbons (Fsp3) is 0.0769. The number of para-hydroxylation sites is 3. The summed E-state index contributed by atoms with van der Waals surface area (Å²) >= 11 is 1.91. The van der Waals surface area contributed by atoms with E-state index in [9.17, 15) is 0 Å². The van der Waals surface area contributed by atoms with Crippen molar-refractivity contribution in [2.24, 2.45) is 0 Å². The number of hydrogen-bond acceptors (Lipinski definition) is 1. The van der Waals surface area contributed by atoms with Crippen LogP contribution in [0.1, 0.15) is 24.5 Å². The van der Waals surface area contributed by atoms with Gasteiger partial charge in [-0.25, -0.2) is 0 Å². The highest BCUT2D eigenvalue weighted by Crippen LogP contribution is 2.45. The number of fused-ring (bicyclic) bond motifs is 10. The first kappa shape index (κ1) is 32.0. The SMILES string of the molecule is CCCc1ccc(-c2ccc3c(c2)sc2c(-n4c5ccccc5c5c6c7ccccc7n(-c7ccccc7)c6ccc54)cccc23)cc1-c1ccccc1C. The zero-order valence-corrected chi connectivity index (χ0v) is 31.7. The minimum atomic E-state index is 1.07. The van der Waals surface area contributed by atoms with E-state index >= 15 is 0 Å². The maximum atomic E-state index is 2.51. The van der Waals surface area contributed by atoms with Crippen molar-refractivity contribution in [2.75, 3.05) is 0 Å². The molecule has 11 rings (SSSR count). The lowest BCUT2D eigenvalue weighted by molar-refractivity contribution is 0.923. The maximum Gasteiger partial charge on any atom is 0.0640 e. The molecule has 262 valence electrons. The molecule has 0 atom stereocenters. The molecule has 3 aromatic heterocycles. The molecule has 0 amide bonds. The standard InChI is InChI=1S/C52H38N2S/c1-3-14-34-25-26-35(31-43(34)38-18-8-7-15-33(38)2)36-27-28-39-40-21-13-24-48(52(40)55-49(39)32-36)54-45-23-12-10-20-42(45)51-47(54)30-29-46-50(51)41-19-9-11-22-44(41)53(46)37-16-5-4-6-17-37/h4-13,15-32H,3,14H2,1-2H3. The Morgan fingerprint density at radius 2 is 1.11 bits per heavy atom. The number of aryl methyl sites for hydroxylation is 2. The van der Waals surface area contributed by atoms with Crippen molar-refractivity contribution in [3.8, 4) is 33.6 Å². The van der Waals surface area contributed by atoms with E-state index in [1.165, 1.54) is 109 Å². The first-order valence-electron chi connectivity index (χ1n) is 19.3. The zero-order chi connectivity index (χ0) is 36.6. The molecule has 0 aliphatic rings. The monoisotopic (exact) mass is 722 g/mol. The van der Waals surface area contributed by atoms with E-state index in [0.717, 1.165) is 12.8 Å². The van der Waals surface area contributed by atoms with Crippen LogP contribution in [0.15, 0.2) is 170 Å². The van der Waals surface area contributed by atoms with E-state index in [1.54, 1.807) is 0 Å². The lowest BCUT2D eigenvalue weighted by atomic mass is 9.90. The molecule has 8 aromatic carbocycles. The van der Waals surface area contributed by atoms with E-state index < -0.39 is 0 Å². The van der Waals surface area contributed by atoms with Crippen LogP contribution in [0.3, 0.4) is 0 Å². The number of thiophene rings is 1. The van der Waals surface area contributed by atoms with Crippen LogP contribution >= 0.6 is 11.3 Å². The van der Waals surface area contributed by atoms with Crippen molar-refractivity contribution in [1.82, 2.24) is 9.13 Å². The number of benzene rings is 8. The van der Waals surface area contributed by atoms with Gasteiger partial charge in [-0.3, -0.25) is 0 Å². The summed E-state index contributed by atoms with van der Waals surface area (Å²) in [7, 11) is 0. The zero-order valence-electron chi connectivity index (χ0n) is 30.9. The van der Waals surface area contributed by atoms with Crippen LogP contribution in [0, 0.1) is 6.92 Å². The molecule has 0 bridgehead atoms. The Bertz CT molecular complexity index is 3280. The van der Waals surface area contributed by atoms with Crippen LogP contribution < -0.4 is 0 Å². The van der Waals surface area contributed by atoms with E-state index in [-0.39, 0.29) is 0 Å². The molecule has 55 heavy (non-hydrogen) atoms. The van der Waals surface area contributed by atoms with Crippen molar-refractivity contribution in [2.45, 2.75) is 26.7 Å². The molecule has 0 radical (unpaired) electrons. The van der Waals surface area contributed by atoms with Gasteiger partial charge in [-0.15, -0.1) is 11.3 Å². The van der Waals surface area contributed by atoms with Crippen molar-refractivity contribution >= 4 is 75.1 Å². The molecule has 2 nitrogen and oxygen atoms in total. The van der Waals surface area contributed by atoms with E-state index in [4.69, 9.17) is 0 Å². The highest BCUT2D eigenvalue weighted by Gasteiger charge is 2.22. The third kappa shape index (κ3) is 4.86. The Balaban J connectivity index is 1.13. The summed E-state index contributed by atoms with van der Waals surface area (Å²) < 4.78 is 7.55. The van der Waals surface area contributed by atoms with Crippen LogP contribution in [-0.2, 0) is 6.42 Å². The number of aromatic nitrogens is 2. The summed E-state index contributed by atoms with van der Waals surface area (Å²) in [6.07, 6.45) is 2.20. The quantitative estimate of drug-likeness (QED) is 0.162. The van der Waals surface area contributed by atoms with Crippen LogP contribution in [0.25, 0.3) is 97.4 Å².